The molecule has 0 aliphatic heterocycles. The number of halogens is 1. The van der Waals surface area contributed by atoms with Crippen molar-refractivity contribution in [1.29, 1.82) is 0 Å². The second-order valence-corrected chi connectivity index (χ2v) is 2.96. The average molecular weight is 229 g/mol. The summed E-state index contributed by atoms with van der Waals surface area (Å²) in [5, 5.41) is -0.00759. The molecular weight excluding hydrogens is 220 g/mol. The van der Waals surface area contributed by atoms with Crippen molar-refractivity contribution in [2.45, 2.75) is 13.3 Å². The van der Waals surface area contributed by atoms with Crippen LogP contribution in [0.5, 0.6) is 0 Å². The van der Waals surface area contributed by atoms with Crippen LogP contribution in [0.2, 0.25) is 5.15 Å². The molecule has 0 saturated heterocycles. The molecule has 0 saturated carbocycles. The highest BCUT2D eigenvalue weighted by Crippen LogP contribution is 2.10. The number of rotatable bonds is 4. The minimum absolute atomic E-state index is 0.00720. The first-order valence-corrected chi connectivity index (χ1v) is 4.68. The molecule has 0 aliphatic rings. The fraction of sp³-hybridized carbons (Fsp3) is 0.333. The summed E-state index contributed by atoms with van der Waals surface area (Å²) in [4.78, 5) is 29.9. The van der Waals surface area contributed by atoms with Crippen molar-refractivity contribution in [3.8, 4) is 0 Å². The van der Waals surface area contributed by atoms with Crippen molar-refractivity contribution in [3.05, 3.63) is 23.2 Å². The topological polar surface area (TPSA) is 69.2 Å². The first kappa shape index (κ1) is 11.6. The third-order valence-corrected chi connectivity index (χ3v) is 1.80. The second-order valence-electron chi connectivity index (χ2n) is 2.60. The van der Waals surface area contributed by atoms with Crippen molar-refractivity contribution in [2.24, 2.45) is 0 Å². The number of nitrogens with zero attached hydrogens (tertiary/aromatic N) is 2. The van der Waals surface area contributed by atoms with E-state index >= 15 is 0 Å². The third kappa shape index (κ3) is 3.28. The van der Waals surface area contributed by atoms with Crippen molar-refractivity contribution < 1.29 is 14.3 Å². The molecule has 1 heterocycles. The summed E-state index contributed by atoms with van der Waals surface area (Å²) in [6.07, 6.45) is 2.33. The van der Waals surface area contributed by atoms with Gasteiger partial charge in [-0.1, -0.05) is 11.6 Å². The predicted octanol–water partition coefficient (Wildman–Crippen LogP) is 1.27. The van der Waals surface area contributed by atoms with Gasteiger partial charge in [-0.2, -0.15) is 0 Å². The Balaban J connectivity index is 2.70. The number of hydrogen-bond acceptors (Lipinski definition) is 5. The largest absolute Gasteiger partial charge is 0.466 e. The summed E-state index contributed by atoms with van der Waals surface area (Å²) >= 11 is 5.63. The number of aromatic nitrogens is 2. The average Bonchev–Trinajstić information content (AvgIpc) is 2.18. The zero-order valence-electron chi connectivity index (χ0n) is 8.07. The van der Waals surface area contributed by atoms with E-state index in [0.717, 1.165) is 0 Å². The lowest BCUT2D eigenvalue weighted by atomic mass is 10.2. The molecule has 0 amide bonds. The van der Waals surface area contributed by atoms with Crippen LogP contribution in [0.25, 0.3) is 0 Å². The normalized spacial score (nSPS) is 9.73. The summed E-state index contributed by atoms with van der Waals surface area (Å²) in [5.41, 5.74) is -0.00720. The van der Waals surface area contributed by atoms with Crippen LogP contribution in [0.1, 0.15) is 23.8 Å². The molecule has 0 radical (unpaired) electrons. The van der Waals surface area contributed by atoms with E-state index in [9.17, 15) is 9.59 Å². The highest BCUT2D eigenvalue weighted by molar-refractivity contribution is 6.32. The van der Waals surface area contributed by atoms with Gasteiger partial charge in [0, 0.05) is 12.4 Å². The van der Waals surface area contributed by atoms with Gasteiger partial charge in [-0.05, 0) is 6.92 Å². The summed E-state index contributed by atoms with van der Waals surface area (Å²) in [6, 6.07) is 0. The van der Waals surface area contributed by atoms with Crippen LogP contribution in [0.3, 0.4) is 0 Å². The second kappa shape index (κ2) is 5.41. The molecule has 15 heavy (non-hydrogen) atoms. The molecule has 0 N–H and O–H groups in total. The van der Waals surface area contributed by atoms with E-state index in [1.807, 2.05) is 0 Å². The Kier molecular flexibility index (Phi) is 4.17. The maximum absolute atomic E-state index is 11.5. The molecule has 0 aromatic carbocycles. The minimum Gasteiger partial charge on any atom is -0.466 e. The van der Waals surface area contributed by atoms with Crippen LogP contribution < -0.4 is 0 Å². The van der Waals surface area contributed by atoms with Crippen LogP contribution in [0, 0.1) is 0 Å². The molecule has 80 valence electrons. The molecule has 0 spiro atoms. The van der Waals surface area contributed by atoms with Gasteiger partial charge in [-0.15, -0.1) is 0 Å². The standard InChI is InChI=1S/C9H9ClN2O3/c1-2-15-7(14)5-6(13)8-9(10)12-4-3-11-8/h3-4H,2,5H2,1H3. The van der Waals surface area contributed by atoms with Gasteiger partial charge in [0.1, 0.15) is 12.1 Å². The van der Waals surface area contributed by atoms with Gasteiger partial charge >= 0.3 is 5.97 Å². The van der Waals surface area contributed by atoms with E-state index in [-0.39, 0.29) is 23.9 Å². The summed E-state index contributed by atoms with van der Waals surface area (Å²) in [7, 11) is 0. The Morgan fingerprint density at radius 1 is 1.40 bits per heavy atom. The number of carbonyl (C=O) groups excluding carboxylic acids is 2. The molecule has 0 aliphatic carbocycles. The summed E-state index contributed by atoms with van der Waals surface area (Å²) in [6.45, 7) is 1.90. The smallest absolute Gasteiger partial charge is 0.313 e. The zero-order chi connectivity index (χ0) is 11.3. The van der Waals surface area contributed by atoms with Gasteiger partial charge in [0.05, 0.1) is 6.61 Å². The monoisotopic (exact) mass is 228 g/mol. The van der Waals surface area contributed by atoms with Gasteiger partial charge in [0.15, 0.2) is 10.9 Å². The molecule has 0 unspecified atom stereocenters. The highest BCUT2D eigenvalue weighted by Gasteiger charge is 2.17. The lowest BCUT2D eigenvalue weighted by Crippen LogP contribution is -2.13. The Morgan fingerprint density at radius 3 is 2.67 bits per heavy atom. The van der Waals surface area contributed by atoms with E-state index < -0.39 is 11.8 Å². The number of Topliss-reactive ketones (excluding diaryl/α,β-unsaturated/α-hetero) is 1. The third-order valence-electron chi connectivity index (χ3n) is 1.53. The van der Waals surface area contributed by atoms with Crippen molar-refractivity contribution >= 4 is 23.4 Å². The first-order valence-electron chi connectivity index (χ1n) is 4.30. The van der Waals surface area contributed by atoms with Gasteiger partial charge in [-0.3, -0.25) is 9.59 Å². The lowest BCUT2D eigenvalue weighted by molar-refractivity contribution is -0.141. The van der Waals surface area contributed by atoms with Crippen molar-refractivity contribution in [1.82, 2.24) is 9.97 Å². The van der Waals surface area contributed by atoms with Gasteiger partial charge < -0.3 is 4.74 Å². The number of ketones is 1. The Bertz CT molecular complexity index is 381. The van der Waals surface area contributed by atoms with Gasteiger partial charge in [-0.25, -0.2) is 9.97 Å². The minimum atomic E-state index is -0.593. The SMILES string of the molecule is CCOC(=O)CC(=O)c1nccnc1Cl. The lowest BCUT2D eigenvalue weighted by Gasteiger charge is -2.01. The number of ether oxygens (including phenoxy) is 1. The Hall–Kier alpha value is -1.49. The molecule has 1 aromatic rings. The molecule has 0 fully saturated rings. The first-order chi connectivity index (χ1) is 7.15. The maximum atomic E-state index is 11.5. The van der Waals surface area contributed by atoms with Crippen molar-refractivity contribution in [3.63, 3.8) is 0 Å². The van der Waals surface area contributed by atoms with E-state index in [4.69, 9.17) is 11.6 Å². The van der Waals surface area contributed by atoms with Crippen LogP contribution in [0.4, 0.5) is 0 Å². The fourth-order valence-electron chi connectivity index (χ4n) is 0.935. The van der Waals surface area contributed by atoms with Crippen LogP contribution >= 0.6 is 11.6 Å². The molecule has 5 nitrogen and oxygen atoms in total. The molecule has 1 aromatic heterocycles. The Labute approximate surface area is 91.4 Å². The summed E-state index contributed by atoms with van der Waals surface area (Å²) in [5.74, 6) is -1.09. The van der Waals surface area contributed by atoms with E-state index in [1.54, 1.807) is 6.92 Å². The highest BCUT2D eigenvalue weighted by atomic mass is 35.5. The van der Waals surface area contributed by atoms with Crippen LogP contribution in [-0.4, -0.2) is 28.3 Å². The van der Waals surface area contributed by atoms with E-state index in [1.165, 1.54) is 12.4 Å². The molecular formula is C9H9ClN2O3. The van der Waals surface area contributed by atoms with E-state index in [2.05, 4.69) is 14.7 Å². The van der Waals surface area contributed by atoms with Gasteiger partial charge in [0.25, 0.3) is 0 Å². The zero-order valence-corrected chi connectivity index (χ0v) is 8.82. The Morgan fingerprint density at radius 2 is 2.07 bits per heavy atom. The molecule has 6 heteroatoms. The number of hydrogen-bond donors (Lipinski definition) is 0. The maximum Gasteiger partial charge on any atom is 0.313 e. The predicted molar refractivity (Wildman–Crippen MR) is 52.6 cm³/mol. The number of carbonyl (C=O) groups is 2. The molecule has 0 atom stereocenters. The number of esters is 1. The summed E-state index contributed by atoms with van der Waals surface area (Å²) < 4.78 is 4.62. The quantitative estimate of drug-likeness (QED) is 0.441. The van der Waals surface area contributed by atoms with Crippen LogP contribution in [-0.2, 0) is 9.53 Å². The fourth-order valence-corrected chi connectivity index (χ4v) is 1.15. The van der Waals surface area contributed by atoms with E-state index in [0.29, 0.717) is 0 Å². The molecule has 1 rings (SSSR count). The van der Waals surface area contributed by atoms with Gasteiger partial charge in [0.2, 0.25) is 0 Å². The van der Waals surface area contributed by atoms with Crippen LogP contribution in [0.15, 0.2) is 12.4 Å². The molecule has 0 bridgehead atoms. The van der Waals surface area contributed by atoms with Crippen molar-refractivity contribution in [2.75, 3.05) is 6.61 Å².